The van der Waals surface area contributed by atoms with E-state index in [2.05, 4.69) is 26.8 Å². The van der Waals surface area contributed by atoms with Gasteiger partial charge >= 0.3 is 0 Å². The summed E-state index contributed by atoms with van der Waals surface area (Å²) in [5.41, 5.74) is 3.79. The van der Waals surface area contributed by atoms with Crippen molar-refractivity contribution >= 4 is 6.29 Å². The Hall–Kier alpha value is -2.09. The van der Waals surface area contributed by atoms with E-state index in [0.717, 1.165) is 23.0 Å². The highest BCUT2D eigenvalue weighted by atomic mass is 16.5. The summed E-state index contributed by atoms with van der Waals surface area (Å²) in [4.78, 5) is 11.4. The molecule has 2 nitrogen and oxygen atoms in total. The maximum absolute atomic E-state index is 11.4. The van der Waals surface area contributed by atoms with Crippen LogP contribution in [0.15, 0.2) is 42.5 Å². The largest absolute Gasteiger partial charge is 0.488 e. The minimum absolute atomic E-state index is 0.0736. The van der Waals surface area contributed by atoms with Gasteiger partial charge in [0.05, 0.1) is 5.56 Å². The van der Waals surface area contributed by atoms with E-state index in [0.29, 0.717) is 17.9 Å². The van der Waals surface area contributed by atoms with Gasteiger partial charge < -0.3 is 4.74 Å². The maximum Gasteiger partial charge on any atom is 0.153 e. The number of ether oxygens (including phenoxy) is 1. The van der Waals surface area contributed by atoms with Crippen molar-refractivity contribution in [3.05, 3.63) is 64.7 Å². The molecule has 2 aromatic carbocycles. The lowest BCUT2D eigenvalue weighted by Gasteiger charge is -2.24. The van der Waals surface area contributed by atoms with Crippen LogP contribution in [0.5, 0.6) is 5.75 Å². The van der Waals surface area contributed by atoms with Gasteiger partial charge in [-0.25, -0.2) is 0 Å². The van der Waals surface area contributed by atoms with E-state index in [1.807, 2.05) is 43.3 Å². The van der Waals surface area contributed by atoms with Gasteiger partial charge in [-0.2, -0.15) is 0 Å². The van der Waals surface area contributed by atoms with Crippen molar-refractivity contribution in [1.82, 2.24) is 0 Å². The molecule has 0 radical (unpaired) electrons. The van der Waals surface area contributed by atoms with Crippen LogP contribution in [0, 0.1) is 6.92 Å². The normalized spacial score (nSPS) is 11.2. The van der Waals surface area contributed by atoms with Crippen molar-refractivity contribution < 1.29 is 9.53 Å². The summed E-state index contributed by atoms with van der Waals surface area (Å²) in [6.45, 7) is 8.86. The van der Waals surface area contributed by atoms with Gasteiger partial charge in [-0.05, 0) is 29.5 Å². The third-order valence-electron chi connectivity index (χ3n) is 3.42. The van der Waals surface area contributed by atoms with Crippen molar-refractivity contribution in [2.24, 2.45) is 0 Å². The van der Waals surface area contributed by atoms with Crippen molar-refractivity contribution in [2.75, 3.05) is 0 Å². The monoisotopic (exact) mass is 282 g/mol. The number of aldehydes is 1. The third kappa shape index (κ3) is 3.72. The molecule has 2 rings (SSSR count). The molecule has 0 aliphatic rings. The number of rotatable bonds is 4. The molecule has 0 fully saturated rings. The first-order chi connectivity index (χ1) is 9.91. The highest BCUT2D eigenvalue weighted by Crippen LogP contribution is 2.35. The summed E-state index contributed by atoms with van der Waals surface area (Å²) in [6.07, 6.45) is 0.878. The van der Waals surface area contributed by atoms with Crippen LogP contribution in [-0.4, -0.2) is 6.29 Å². The second-order valence-corrected chi connectivity index (χ2v) is 6.37. The van der Waals surface area contributed by atoms with Crippen molar-refractivity contribution in [3.8, 4) is 5.75 Å². The minimum atomic E-state index is -0.0736. The molecule has 0 saturated carbocycles. The minimum Gasteiger partial charge on any atom is -0.488 e. The van der Waals surface area contributed by atoms with Gasteiger partial charge in [-0.15, -0.1) is 0 Å². The number of aryl methyl sites for hydroxylation is 1. The molecule has 0 N–H and O–H groups in total. The lowest BCUT2D eigenvalue weighted by molar-refractivity contribution is 0.111. The van der Waals surface area contributed by atoms with Crippen LogP contribution in [-0.2, 0) is 12.0 Å². The van der Waals surface area contributed by atoms with E-state index < -0.39 is 0 Å². The Morgan fingerprint density at radius 2 is 1.76 bits per heavy atom. The SMILES string of the molecule is Cc1cc(C=O)c(OCc2ccccc2)c(C(C)(C)C)c1. The molecule has 2 heteroatoms. The molecule has 21 heavy (non-hydrogen) atoms. The smallest absolute Gasteiger partial charge is 0.153 e. The van der Waals surface area contributed by atoms with E-state index in [1.165, 1.54) is 0 Å². The lowest BCUT2D eigenvalue weighted by atomic mass is 9.84. The van der Waals surface area contributed by atoms with Crippen LogP contribution < -0.4 is 4.74 Å². The molecular formula is C19H22O2. The molecular weight excluding hydrogens is 260 g/mol. The summed E-state index contributed by atoms with van der Waals surface area (Å²) in [5.74, 6) is 0.701. The molecule has 0 aliphatic carbocycles. The number of hydrogen-bond acceptors (Lipinski definition) is 2. The molecule has 2 aromatic rings. The molecule has 0 bridgehead atoms. The molecule has 0 saturated heterocycles. The second kappa shape index (κ2) is 6.13. The third-order valence-corrected chi connectivity index (χ3v) is 3.42. The Kier molecular flexibility index (Phi) is 4.46. The molecule has 0 heterocycles. The lowest BCUT2D eigenvalue weighted by Crippen LogP contribution is -2.15. The van der Waals surface area contributed by atoms with Gasteiger partial charge in [0, 0.05) is 5.56 Å². The number of benzene rings is 2. The summed E-state index contributed by atoms with van der Waals surface area (Å²) < 4.78 is 6.00. The van der Waals surface area contributed by atoms with E-state index >= 15 is 0 Å². The van der Waals surface area contributed by atoms with Crippen LogP contribution in [0.1, 0.15) is 47.8 Å². The molecule has 0 unspecified atom stereocenters. The fraction of sp³-hybridized carbons (Fsp3) is 0.316. The zero-order chi connectivity index (χ0) is 15.5. The Bertz CT molecular complexity index is 622. The number of carbonyl (C=O) groups is 1. The van der Waals surface area contributed by atoms with Gasteiger partial charge in [-0.1, -0.05) is 57.2 Å². The zero-order valence-electron chi connectivity index (χ0n) is 13.1. The summed E-state index contributed by atoms with van der Waals surface area (Å²) >= 11 is 0. The predicted octanol–water partition coefficient (Wildman–Crippen LogP) is 4.68. The molecule has 0 spiro atoms. The van der Waals surface area contributed by atoms with Gasteiger partial charge in [0.15, 0.2) is 6.29 Å². The quantitative estimate of drug-likeness (QED) is 0.761. The zero-order valence-corrected chi connectivity index (χ0v) is 13.1. The highest BCUT2D eigenvalue weighted by Gasteiger charge is 2.22. The van der Waals surface area contributed by atoms with Crippen molar-refractivity contribution in [1.29, 1.82) is 0 Å². The second-order valence-electron chi connectivity index (χ2n) is 6.37. The molecule has 0 aromatic heterocycles. The molecule has 110 valence electrons. The average molecular weight is 282 g/mol. The Labute approximate surface area is 126 Å². The standard InChI is InChI=1S/C19H22O2/c1-14-10-16(12-20)18(17(11-14)19(2,3)4)21-13-15-8-6-5-7-9-15/h5-12H,13H2,1-4H3. The highest BCUT2D eigenvalue weighted by molar-refractivity contribution is 5.81. The summed E-state index contributed by atoms with van der Waals surface area (Å²) in [5, 5.41) is 0. The van der Waals surface area contributed by atoms with Crippen LogP contribution in [0.4, 0.5) is 0 Å². The van der Waals surface area contributed by atoms with E-state index in [1.54, 1.807) is 0 Å². The summed E-state index contributed by atoms with van der Waals surface area (Å²) in [6, 6.07) is 14.0. The number of carbonyl (C=O) groups excluding carboxylic acids is 1. The fourth-order valence-electron chi connectivity index (χ4n) is 2.34. The van der Waals surface area contributed by atoms with Gasteiger partial charge in [-0.3, -0.25) is 4.79 Å². The first-order valence-electron chi connectivity index (χ1n) is 7.19. The molecule has 0 aliphatic heterocycles. The maximum atomic E-state index is 11.4. The topological polar surface area (TPSA) is 26.3 Å². The van der Waals surface area contributed by atoms with E-state index in [9.17, 15) is 4.79 Å². The van der Waals surface area contributed by atoms with Crippen molar-refractivity contribution in [3.63, 3.8) is 0 Å². The number of hydrogen-bond donors (Lipinski definition) is 0. The first kappa shape index (κ1) is 15.3. The summed E-state index contributed by atoms with van der Waals surface area (Å²) in [7, 11) is 0. The Morgan fingerprint density at radius 3 is 2.33 bits per heavy atom. The van der Waals surface area contributed by atoms with Gasteiger partial charge in [0.25, 0.3) is 0 Å². The van der Waals surface area contributed by atoms with Crippen LogP contribution in [0.2, 0.25) is 0 Å². The molecule has 0 amide bonds. The van der Waals surface area contributed by atoms with Gasteiger partial charge in [0.2, 0.25) is 0 Å². The van der Waals surface area contributed by atoms with Crippen molar-refractivity contribution in [2.45, 2.75) is 39.7 Å². The van der Waals surface area contributed by atoms with Crippen LogP contribution in [0.3, 0.4) is 0 Å². The molecule has 0 atom stereocenters. The Morgan fingerprint density at radius 1 is 1.10 bits per heavy atom. The first-order valence-corrected chi connectivity index (χ1v) is 7.19. The Balaban J connectivity index is 2.39. The van der Waals surface area contributed by atoms with Gasteiger partial charge in [0.1, 0.15) is 12.4 Å². The van der Waals surface area contributed by atoms with E-state index in [4.69, 9.17) is 4.74 Å². The van der Waals surface area contributed by atoms with Crippen LogP contribution in [0.25, 0.3) is 0 Å². The van der Waals surface area contributed by atoms with E-state index in [-0.39, 0.29) is 5.41 Å². The van der Waals surface area contributed by atoms with Crippen LogP contribution >= 0.6 is 0 Å². The average Bonchev–Trinajstić information content (AvgIpc) is 2.45. The predicted molar refractivity (Wildman–Crippen MR) is 86.0 cm³/mol. The fourth-order valence-corrected chi connectivity index (χ4v) is 2.34.